The number of hydrogen-bond acceptors (Lipinski definition) is 19. The van der Waals surface area contributed by atoms with E-state index in [4.69, 9.17) is 40.9 Å². The smallest absolute Gasteiger partial charge is 0.265 e. The summed E-state index contributed by atoms with van der Waals surface area (Å²) in [4.78, 5) is 0. The number of para-hydroxylation sites is 5. The Balaban J connectivity index is 0.000000151. The molecule has 0 fully saturated rings. The Morgan fingerprint density at radius 3 is 0.894 bits per heavy atom. The van der Waals surface area contributed by atoms with Crippen LogP contribution in [0, 0.1) is 34.6 Å². The maximum atomic E-state index is 12.4. The van der Waals surface area contributed by atoms with Crippen molar-refractivity contribution in [2.24, 2.45) is 0 Å². The zero-order chi connectivity index (χ0) is 89.4. The maximum absolute atomic E-state index is 12.4. The van der Waals surface area contributed by atoms with Crippen LogP contribution in [0.25, 0.3) is 0 Å². The van der Waals surface area contributed by atoms with E-state index < -0.39 is 95.9 Å². The molecule has 10 aromatic carbocycles. The van der Waals surface area contributed by atoms with Crippen LogP contribution in [0.15, 0.2) is 243 Å². The number of nitrogens with one attached hydrogen (secondary N) is 1. The van der Waals surface area contributed by atoms with E-state index >= 15 is 0 Å². The van der Waals surface area contributed by atoms with Crippen LogP contribution in [0.2, 0.25) is 36.3 Å². The van der Waals surface area contributed by atoms with E-state index in [1.165, 1.54) is 0 Å². The molecule has 0 radical (unpaired) electrons. The highest BCUT2D eigenvalue weighted by molar-refractivity contribution is 7.86. The van der Waals surface area contributed by atoms with Crippen molar-refractivity contribution >= 4 is 36.9 Å². The fourth-order valence-corrected chi connectivity index (χ4v) is 19.7. The average molecular weight is 1750 g/mol. The van der Waals surface area contributed by atoms with Crippen molar-refractivity contribution in [2.75, 3.05) is 52.5 Å². The summed E-state index contributed by atoms with van der Waals surface area (Å²) in [5, 5.41) is 56.1. The Kier molecular flexibility index (Phi) is 29.7. The Bertz CT molecular complexity index is 5520. The van der Waals surface area contributed by atoms with E-state index in [9.17, 15) is 42.4 Å². The highest BCUT2D eigenvalue weighted by Crippen LogP contribution is 2.52. The van der Waals surface area contributed by atoms with E-state index in [2.05, 4.69) is 91.2 Å². The summed E-state index contributed by atoms with van der Waals surface area (Å²) in [5.74, 6) is 3.71. The van der Waals surface area contributed by atoms with Crippen molar-refractivity contribution in [3.05, 3.63) is 326 Å². The second kappa shape index (κ2) is 38.5. The van der Waals surface area contributed by atoms with Gasteiger partial charge in [0, 0.05) is 38.6 Å². The van der Waals surface area contributed by atoms with Gasteiger partial charge in [0.1, 0.15) is 45.6 Å². The number of ether oxygens (including phenoxy) is 5. The molecule has 0 amide bonds. The number of aliphatic hydroxyl groups excluding tert-OH is 2. The van der Waals surface area contributed by atoms with E-state index in [1.807, 2.05) is 266 Å². The minimum atomic E-state index is -3.77. The molecule has 0 aromatic heterocycles. The van der Waals surface area contributed by atoms with Crippen LogP contribution in [0.1, 0.15) is 156 Å². The van der Waals surface area contributed by atoms with Crippen LogP contribution in [-0.4, -0.2) is 140 Å². The maximum Gasteiger partial charge on any atom is 0.265 e. The first-order chi connectivity index (χ1) is 57.9. The number of rotatable bonds is 24. The van der Waals surface area contributed by atoms with Crippen LogP contribution in [0.5, 0.6) is 28.7 Å². The molecule has 10 aromatic rings. The Morgan fingerprint density at radius 1 is 0.341 bits per heavy atom. The second-order valence-corrected chi connectivity index (χ2v) is 49.4. The summed E-state index contributed by atoms with van der Waals surface area (Å²) in [7, 11) is -9.82. The molecule has 0 aliphatic heterocycles. The van der Waals surface area contributed by atoms with Crippen molar-refractivity contribution in [3.8, 4) is 28.7 Å². The van der Waals surface area contributed by atoms with Gasteiger partial charge in [-0.05, 0) is 192 Å². The van der Waals surface area contributed by atoms with Crippen molar-refractivity contribution in [2.45, 2.75) is 203 Å². The average Bonchev–Trinajstić information content (AvgIpc) is 1.59. The molecule has 5 aliphatic carbocycles. The lowest BCUT2D eigenvalue weighted by molar-refractivity contribution is -0.0849. The molecule has 658 valence electrons. The quantitative estimate of drug-likeness (QED) is 0.0242. The van der Waals surface area contributed by atoms with Crippen LogP contribution < -0.4 is 29.0 Å². The topological polar surface area (TPSA) is 265 Å². The van der Waals surface area contributed by atoms with Crippen molar-refractivity contribution < 1.29 is 83.3 Å². The molecule has 0 spiro atoms. The lowest BCUT2D eigenvalue weighted by Crippen LogP contribution is -2.51. The predicted octanol–water partition coefficient (Wildman–Crippen LogP) is 18.2. The number of aryl methyl sites for hydroxylation is 5. The zero-order valence-corrected chi connectivity index (χ0v) is 78.0. The molecular formula is C100H125NO18S2Si2. The van der Waals surface area contributed by atoms with Gasteiger partial charge < -0.3 is 63.4 Å². The number of benzene rings is 10. The summed E-state index contributed by atoms with van der Waals surface area (Å²) in [5.41, 5.74) is 9.40. The molecule has 10 atom stereocenters. The molecular weight excluding hydrogens is 1620 g/mol. The minimum absolute atomic E-state index is 0.0168. The van der Waals surface area contributed by atoms with E-state index in [0.29, 0.717) is 43.7 Å². The van der Waals surface area contributed by atoms with Crippen LogP contribution in [0.4, 0.5) is 0 Å². The fraction of sp³-hybridized carbons (Fsp3) is 0.400. The lowest BCUT2D eigenvalue weighted by Gasteiger charge is -2.41. The van der Waals surface area contributed by atoms with Crippen LogP contribution in [-0.2, 0) is 69.6 Å². The third kappa shape index (κ3) is 22.3. The van der Waals surface area contributed by atoms with Gasteiger partial charge in [-0.2, -0.15) is 16.8 Å². The van der Waals surface area contributed by atoms with Crippen LogP contribution >= 0.6 is 0 Å². The molecule has 19 nitrogen and oxygen atoms in total. The Labute approximate surface area is 731 Å². The molecule has 0 bridgehead atoms. The van der Waals surface area contributed by atoms with E-state index in [0.717, 1.165) is 113 Å². The van der Waals surface area contributed by atoms with Gasteiger partial charge in [-0.1, -0.05) is 254 Å². The van der Waals surface area contributed by atoms with Gasteiger partial charge in [-0.25, -0.2) is 0 Å². The third-order valence-corrected chi connectivity index (χ3v) is 35.1. The summed E-state index contributed by atoms with van der Waals surface area (Å²) in [6.07, 6.45) is 1.69. The Hall–Kier alpha value is -8.87. The molecule has 15 rings (SSSR count). The normalized spacial score (nSPS) is 23.0. The van der Waals surface area contributed by atoms with Gasteiger partial charge in [-0.3, -0.25) is 8.37 Å². The first kappa shape index (κ1) is 94.8. The molecule has 123 heavy (non-hydrogen) atoms. The van der Waals surface area contributed by atoms with E-state index in [1.54, 1.807) is 0 Å². The molecule has 5 aliphatic rings. The van der Waals surface area contributed by atoms with Gasteiger partial charge >= 0.3 is 0 Å². The number of fused-ring (bicyclic) bond motifs is 5. The van der Waals surface area contributed by atoms with Gasteiger partial charge in [0.05, 0.1) is 38.9 Å². The number of aliphatic hydroxyl groups is 5. The zero-order valence-electron chi connectivity index (χ0n) is 74.4. The van der Waals surface area contributed by atoms with Crippen LogP contribution in [0.3, 0.4) is 0 Å². The van der Waals surface area contributed by atoms with Crippen molar-refractivity contribution in [1.29, 1.82) is 0 Å². The van der Waals surface area contributed by atoms with Gasteiger partial charge in [0.25, 0.3) is 20.2 Å². The molecule has 6 N–H and O–H groups in total. The first-order valence-electron chi connectivity index (χ1n) is 42.0. The van der Waals surface area contributed by atoms with Crippen molar-refractivity contribution in [3.63, 3.8) is 0 Å². The second-order valence-electron chi connectivity index (χ2n) is 36.7. The Morgan fingerprint density at radius 2 is 0.585 bits per heavy atom. The SMILES string of the molecule is CNC[C@@]1(O)Cc2ccccc2[C@@H]1Oc1ccccc1C.Cc1ccccc1O[C@H]1c2ccccc2C[C@@]1(O)CO.Cc1ccccc1O[C@H]1c2ccccc2C[C@@]1(O)CO[Si](C)(C)C(C)(C)C.Cc1ccccc1O[C@H]1c2ccccc2C[C@]1(CO)OS(C)(=O)=O.Cc1ccccc1O[C@H]1c2ccccc2C[C@]1(CO[Si](C)(C)C(C)(C)C)OS(C)(=O)=O. The molecule has 0 saturated heterocycles. The highest BCUT2D eigenvalue weighted by Gasteiger charge is 2.56. The van der Waals surface area contributed by atoms with Gasteiger partial charge in [0.15, 0.2) is 58.4 Å². The minimum Gasteiger partial charge on any atom is -0.482 e. The first-order valence-corrected chi connectivity index (χ1v) is 51.5. The lowest BCUT2D eigenvalue weighted by atomic mass is 9.97. The summed E-state index contributed by atoms with van der Waals surface area (Å²) >= 11 is 0. The molecule has 0 unspecified atom stereocenters. The summed E-state index contributed by atoms with van der Waals surface area (Å²) < 4.78 is 104. The standard InChI is InChI=1S/C24H34O5SSi.C23H32O3Si.C18H21NO2.C18H20O5S.C17H18O3/c1-18-12-8-11-15-21(18)28-22-20-14-10-9-13-19(20)16-24(22,29-30(5,25)26)17-27-31(6,7)23(2,3)4;1-17-11-7-10-14-20(17)26-21-19-13-9-8-12-18(19)15-23(21,24)16-25-27(5,6)22(2,3)4;1-13-7-3-6-10-16(13)21-17-15-9-5-4-8-14(15)11-18(17,20)12-19-2;1-13-7-3-6-10-16(13)22-17-15-9-5-4-8-14(15)11-18(17,12-19)23-24(2,20)21;1-12-6-2-5-9-15(12)20-16-14-8-4-3-7-13(14)10-17(16,19)11-18/h8-15,22H,16-17H2,1-7H3;7-14,21,24H,15-16H2,1-6H3;3-10,17,19-20H,11-12H2,1-2H3;3-10,17,19H,11-12H2,1-2H3;2-9,16,18-19H,10-11H2,1H3/t22-,24+;21-,23+;17-,18-;17-,18+;16-,17+/m00000/s1. The predicted molar refractivity (Wildman–Crippen MR) is 490 cm³/mol. The number of hydrogen-bond donors (Lipinski definition) is 6. The summed E-state index contributed by atoms with van der Waals surface area (Å²) in [6, 6.07) is 78.2. The summed E-state index contributed by atoms with van der Waals surface area (Å²) in [6.45, 7) is 31.9. The fourth-order valence-electron chi connectivity index (χ4n) is 16.1. The van der Waals surface area contributed by atoms with Gasteiger partial charge in [0.2, 0.25) is 0 Å². The van der Waals surface area contributed by atoms with Crippen molar-refractivity contribution in [1.82, 2.24) is 5.32 Å². The molecule has 23 heteroatoms. The monoisotopic (exact) mass is 1750 g/mol. The van der Waals surface area contributed by atoms with E-state index in [-0.39, 0.29) is 42.4 Å². The number of likely N-dealkylation sites (N-methyl/N-ethyl adjacent to an activating group) is 1. The van der Waals surface area contributed by atoms with Gasteiger partial charge in [-0.15, -0.1) is 0 Å². The largest absolute Gasteiger partial charge is 0.482 e. The third-order valence-electron chi connectivity index (χ3n) is 24.9. The highest BCUT2D eigenvalue weighted by atomic mass is 32.2. The molecule has 0 heterocycles. The molecule has 0 saturated carbocycles.